The maximum atomic E-state index is 8.60. The van der Waals surface area contributed by atoms with Gasteiger partial charge >= 0.3 is 0 Å². The molecule has 0 heterocycles. The van der Waals surface area contributed by atoms with Gasteiger partial charge in [0.2, 0.25) is 0 Å². The zero-order valence-corrected chi connectivity index (χ0v) is 9.50. The maximum absolute atomic E-state index is 8.60. The van der Waals surface area contributed by atoms with Crippen LogP contribution in [-0.2, 0) is 0 Å². The molecule has 0 aliphatic heterocycles. The van der Waals surface area contributed by atoms with Crippen molar-refractivity contribution >= 4 is 21.0 Å². The smallest absolute Gasteiger partial charge is 0.133 e. The van der Waals surface area contributed by atoms with Gasteiger partial charge in [-0.3, -0.25) is 0 Å². The van der Waals surface area contributed by atoms with Crippen LogP contribution in [0.15, 0.2) is 24.3 Å². The van der Waals surface area contributed by atoms with Crippen LogP contribution in [0, 0.1) is 17.6 Å². The van der Waals surface area contributed by atoms with Gasteiger partial charge in [-0.1, -0.05) is 29.8 Å². The third kappa shape index (κ3) is 3.03. The van der Waals surface area contributed by atoms with Gasteiger partial charge in [-0.05, 0) is 30.4 Å². The molecule has 0 N–H and O–H groups in total. The lowest BCUT2D eigenvalue weighted by molar-refractivity contribution is 1.12. The Hall–Kier alpha value is -0.510. The first-order valence-electron chi connectivity index (χ1n) is 4.09. The summed E-state index contributed by atoms with van der Waals surface area (Å²) in [5.74, 6) is 0. The van der Waals surface area contributed by atoms with Gasteiger partial charge in [-0.2, -0.15) is 5.26 Å². The molecular weight excluding hydrogens is 197 g/mol. The summed E-state index contributed by atoms with van der Waals surface area (Å²) in [6, 6.07) is 8.32. The van der Waals surface area contributed by atoms with Crippen molar-refractivity contribution < 1.29 is 0 Å². The molecule has 0 aliphatic carbocycles. The molecule has 0 aromatic heterocycles. The van der Waals surface area contributed by atoms with Gasteiger partial charge < -0.3 is 0 Å². The number of hydrogen-bond donors (Lipinski definition) is 0. The molecule has 0 fully saturated rings. The molecule has 1 aromatic rings. The maximum Gasteiger partial charge on any atom is 0.133 e. The summed E-state index contributed by atoms with van der Waals surface area (Å²) in [6.07, 6.45) is 0.918. The topological polar surface area (TPSA) is 23.8 Å². The molecule has 0 radical (unpaired) electrons. The van der Waals surface area contributed by atoms with E-state index >= 15 is 0 Å². The third-order valence-corrected chi connectivity index (χ3v) is 3.49. The van der Waals surface area contributed by atoms with E-state index in [4.69, 9.17) is 5.26 Å². The minimum absolute atomic E-state index is 0.287. The Labute approximate surface area is 85.7 Å². The molecule has 13 heavy (non-hydrogen) atoms. The summed E-state index contributed by atoms with van der Waals surface area (Å²) < 4.78 is 0. The molecule has 1 aromatic carbocycles. The molecule has 0 bridgehead atoms. The molecule has 0 saturated carbocycles. The summed E-state index contributed by atoms with van der Waals surface area (Å²) >= 11 is 1.32. The highest BCUT2D eigenvalue weighted by atomic mass is 32.2. The number of hydrogen-bond acceptors (Lipinski definition) is 2. The average molecular weight is 209 g/mol. The molecule has 0 aliphatic rings. The number of aryl methyl sites for hydroxylation is 1. The predicted octanol–water partition coefficient (Wildman–Crippen LogP) is 3.13. The predicted molar refractivity (Wildman–Crippen MR) is 61.7 cm³/mol. The van der Waals surface area contributed by atoms with Crippen LogP contribution >= 0.6 is 21.0 Å². The van der Waals surface area contributed by atoms with Gasteiger partial charge in [0.15, 0.2) is 0 Å². The summed E-state index contributed by atoms with van der Waals surface area (Å²) in [6.45, 7) is 2.07. The second kappa shape index (κ2) is 5.27. The standard InChI is InChI=1S/C10H12NPS/c1-8-3-2-4-9(5-8)10(6-12)13-7-11/h2-5,10H,6,12H2,1H3. The minimum Gasteiger partial charge on any atom is -0.185 e. The largest absolute Gasteiger partial charge is 0.185 e. The molecule has 0 saturated heterocycles. The summed E-state index contributed by atoms with van der Waals surface area (Å²) in [5.41, 5.74) is 2.49. The number of thioether (sulfide) groups is 1. The Morgan fingerprint density at radius 3 is 2.92 bits per heavy atom. The quantitative estimate of drug-likeness (QED) is 0.564. The molecule has 0 amide bonds. The van der Waals surface area contributed by atoms with Crippen molar-refractivity contribution in [3.05, 3.63) is 35.4 Å². The summed E-state index contributed by atoms with van der Waals surface area (Å²) in [5, 5.41) is 11.0. The number of nitriles is 1. The van der Waals surface area contributed by atoms with Crippen molar-refractivity contribution in [2.75, 3.05) is 6.16 Å². The molecule has 0 spiro atoms. The van der Waals surface area contributed by atoms with Crippen LogP contribution in [0.5, 0.6) is 0 Å². The van der Waals surface area contributed by atoms with Gasteiger partial charge in [-0.15, -0.1) is 9.24 Å². The van der Waals surface area contributed by atoms with Crippen molar-refractivity contribution in [2.45, 2.75) is 12.2 Å². The van der Waals surface area contributed by atoms with E-state index in [1.54, 1.807) is 0 Å². The van der Waals surface area contributed by atoms with Crippen LogP contribution in [0.25, 0.3) is 0 Å². The second-order valence-corrected chi connectivity index (χ2v) is 4.31. The Bertz CT molecular complexity index is 319. The molecule has 2 atom stereocenters. The van der Waals surface area contributed by atoms with Crippen LogP contribution in [0.4, 0.5) is 0 Å². The van der Waals surface area contributed by atoms with Crippen LogP contribution in [0.2, 0.25) is 0 Å². The first kappa shape index (κ1) is 10.6. The monoisotopic (exact) mass is 209 g/mol. The van der Waals surface area contributed by atoms with Crippen molar-refractivity contribution in [1.29, 1.82) is 5.26 Å². The third-order valence-electron chi connectivity index (χ3n) is 1.82. The second-order valence-electron chi connectivity index (χ2n) is 2.85. The zero-order valence-electron chi connectivity index (χ0n) is 7.53. The van der Waals surface area contributed by atoms with Gasteiger partial charge in [-0.25, -0.2) is 0 Å². The molecule has 1 nitrogen and oxygen atoms in total. The normalized spacial score (nSPS) is 12.1. The van der Waals surface area contributed by atoms with E-state index < -0.39 is 0 Å². The van der Waals surface area contributed by atoms with Crippen LogP contribution in [-0.4, -0.2) is 6.16 Å². The molecule has 3 heteroatoms. The van der Waals surface area contributed by atoms with E-state index in [0.717, 1.165) is 6.16 Å². The van der Waals surface area contributed by atoms with Gasteiger partial charge in [0.1, 0.15) is 5.40 Å². The number of benzene rings is 1. The van der Waals surface area contributed by atoms with Crippen molar-refractivity contribution in [2.24, 2.45) is 0 Å². The van der Waals surface area contributed by atoms with E-state index in [9.17, 15) is 0 Å². The Morgan fingerprint density at radius 1 is 1.62 bits per heavy atom. The van der Waals surface area contributed by atoms with Crippen molar-refractivity contribution in [3.63, 3.8) is 0 Å². The first-order valence-corrected chi connectivity index (χ1v) is 5.79. The van der Waals surface area contributed by atoms with E-state index in [1.165, 1.54) is 22.9 Å². The molecule has 2 unspecified atom stereocenters. The lowest BCUT2D eigenvalue weighted by atomic mass is 10.1. The number of nitrogens with zero attached hydrogens (tertiary/aromatic N) is 1. The Morgan fingerprint density at radius 2 is 2.38 bits per heavy atom. The van der Waals surface area contributed by atoms with E-state index in [0.29, 0.717) is 0 Å². The van der Waals surface area contributed by atoms with Crippen molar-refractivity contribution in [3.8, 4) is 5.40 Å². The Balaban J connectivity index is 2.86. The summed E-state index contributed by atoms with van der Waals surface area (Å²) in [7, 11) is 2.69. The SMILES string of the molecule is Cc1cccc(C(CP)SC#N)c1. The highest BCUT2D eigenvalue weighted by molar-refractivity contribution is 8.04. The fourth-order valence-electron chi connectivity index (χ4n) is 1.19. The fraction of sp³-hybridized carbons (Fsp3) is 0.300. The lowest BCUT2D eigenvalue weighted by Crippen LogP contribution is -1.94. The highest BCUT2D eigenvalue weighted by Gasteiger charge is 2.08. The average Bonchev–Trinajstić information content (AvgIpc) is 2.14. The Kier molecular flexibility index (Phi) is 4.28. The minimum atomic E-state index is 0.287. The van der Waals surface area contributed by atoms with E-state index in [2.05, 4.69) is 39.8 Å². The molecule has 68 valence electrons. The van der Waals surface area contributed by atoms with E-state index in [-0.39, 0.29) is 5.25 Å². The fourth-order valence-corrected chi connectivity index (χ4v) is 2.25. The molecule has 1 rings (SSSR count). The first-order chi connectivity index (χ1) is 6.27. The van der Waals surface area contributed by atoms with Gasteiger partial charge in [0.25, 0.3) is 0 Å². The number of rotatable bonds is 3. The number of thiocyanates is 1. The van der Waals surface area contributed by atoms with Crippen LogP contribution < -0.4 is 0 Å². The van der Waals surface area contributed by atoms with Gasteiger partial charge in [0.05, 0.1) is 0 Å². The highest BCUT2D eigenvalue weighted by Crippen LogP contribution is 2.29. The molecular formula is C10H12NPS. The van der Waals surface area contributed by atoms with Gasteiger partial charge in [0, 0.05) is 5.25 Å². The zero-order chi connectivity index (χ0) is 9.68. The van der Waals surface area contributed by atoms with E-state index in [1.807, 2.05) is 6.07 Å². The van der Waals surface area contributed by atoms with Crippen LogP contribution in [0.1, 0.15) is 16.4 Å². The van der Waals surface area contributed by atoms with Crippen molar-refractivity contribution in [1.82, 2.24) is 0 Å². The van der Waals surface area contributed by atoms with Crippen LogP contribution in [0.3, 0.4) is 0 Å². The summed E-state index contributed by atoms with van der Waals surface area (Å²) in [4.78, 5) is 0. The lowest BCUT2D eigenvalue weighted by Gasteiger charge is -2.10.